The number of anilines is 1. The number of rotatable bonds is 7. The van der Waals surface area contributed by atoms with E-state index in [1.54, 1.807) is 7.11 Å². The fraction of sp³-hybridized carbons (Fsp3) is 0.400. The molecule has 0 aliphatic heterocycles. The Balaban J connectivity index is 2.02. The highest BCUT2D eigenvalue weighted by Crippen LogP contribution is 2.32. The predicted octanol–water partition coefficient (Wildman–Crippen LogP) is 4.28. The maximum Gasteiger partial charge on any atom is 0.193 e. The third-order valence-corrected chi connectivity index (χ3v) is 5.12. The highest BCUT2D eigenvalue weighted by molar-refractivity contribution is 8.00. The van der Waals surface area contributed by atoms with Crippen LogP contribution in [0.25, 0.3) is 0 Å². The lowest BCUT2D eigenvalue weighted by atomic mass is 9.94. The maximum atomic E-state index is 10.5. The standard InChI is InChI=1S/C15H20N2O2S2/c1-4-15(18,5-2)13-10-20-14(16-13)17-21-12-8-6-7-11(9-12)19-3/h6-10,18H,4-5H2,1-3H3,(H,16,17). The molecule has 0 aliphatic carbocycles. The van der Waals surface area contributed by atoms with Gasteiger partial charge in [0.05, 0.1) is 12.8 Å². The van der Waals surface area contributed by atoms with Crippen LogP contribution in [-0.2, 0) is 5.60 Å². The second kappa shape index (κ2) is 7.15. The average Bonchev–Trinajstić information content (AvgIpc) is 3.02. The van der Waals surface area contributed by atoms with Gasteiger partial charge in [0.15, 0.2) is 5.13 Å². The zero-order chi connectivity index (χ0) is 15.3. The molecule has 0 fully saturated rings. The number of nitrogens with zero attached hydrogens (tertiary/aromatic N) is 1. The van der Waals surface area contributed by atoms with E-state index < -0.39 is 5.60 Å². The Morgan fingerprint density at radius 1 is 1.38 bits per heavy atom. The summed E-state index contributed by atoms with van der Waals surface area (Å²) in [5.74, 6) is 0.827. The Morgan fingerprint density at radius 2 is 2.14 bits per heavy atom. The molecule has 0 amide bonds. The summed E-state index contributed by atoms with van der Waals surface area (Å²) in [6, 6.07) is 7.82. The van der Waals surface area contributed by atoms with E-state index in [9.17, 15) is 5.11 Å². The van der Waals surface area contributed by atoms with Gasteiger partial charge in [-0.1, -0.05) is 19.9 Å². The first-order chi connectivity index (χ1) is 10.1. The quantitative estimate of drug-likeness (QED) is 0.745. The van der Waals surface area contributed by atoms with Crippen molar-refractivity contribution in [1.29, 1.82) is 0 Å². The number of thiazole rings is 1. The predicted molar refractivity (Wildman–Crippen MR) is 89.1 cm³/mol. The van der Waals surface area contributed by atoms with Gasteiger partial charge < -0.3 is 14.6 Å². The molecule has 6 heteroatoms. The molecule has 4 nitrogen and oxygen atoms in total. The van der Waals surface area contributed by atoms with Crippen LogP contribution in [0.5, 0.6) is 5.75 Å². The topological polar surface area (TPSA) is 54.4 Å². The van der Waals surface area contributed by atoms with Crippen LogP contribution in [0.4, 0.5) is 5.13 Å². The first-order valence-electron chi connectivity index (χ1n) is 6.86. The highest BCUT2D eigenvalue weighted by atomic mass is 32.2. The third kappa shape index (κ3) is 3.90. The SMILES string of the molecule is CCC(O)(CC)c1csc(NSc2cccc(OC)c2)n1. The summed E-state index contributed by atoms with van der Waals surface area (Å²) in [6.45, 7) is 3.95. The summed E-state index contributed by atoms with van der Waals surface area (Å²) in [7, 11) is 1.65. The number of aliphatic hydroxyl groups is 1. The van der Waals surface area contributed by atoms with Crippen LogP contribution in [0, 0.1) is 0 Å². The van der Waals surface area contributed by atoms with Crippen molar-refractivity contribution in [2.45, 2.75) is 37.2 Å². The van der Waals surface area contributed by atoms with Crippen LogP contribution >= 0.6 is 23.3 Å². The minimum absolute atomic E-state index is 0.662. The first kappa shape index (κ1) is 16.1. The summed E-state index contributed by atoms with van der Waals surface area (Å²) in [5, 5.41) is 13.2. The van der Waals surface area contributed by atoms with E-state index in [0.29, 0.717) is 12.8 Å². The van der Waals surface area contributed by atoms with Gasteiger partial charge in [0.1, 0.15) is 11.4 Å². The van der Waals surface area contributed by atoms with E-state index in [4.69, 9.17) is 4.74 Å². The Morgan fingerprint density at radius 3 is 2.81 bits per heavy atom. The Kier molecular flexibility index (Phi) is 5.50. The van der Waals surface area contributed by atoms with Crippen molar-refractivity contribution >= 4 is 28.4 Å². The van der Waals surface area contributed by atoms with E-state index in [0.717, 1.165) is 21.5 Å². The van der Waals surface area contributed by atoms with E-state index in [-0.39, 0.29) is 0 Å². The van der Waals surface area contributed by atoms with Crippen molar-refractivity contribution in [3.05, 3.63) is 35.3 Å². The molecule has 1 aromatic carbocycles. The third-order valence-electron chi connectivity index (χ3n) is 3.45. The Hall–Kier alpha value is -1.24. The molecule has 1 heterocycles. The summed E-state index contributed by atoms with van der Waals surface area (Å²) in [6.07, 6.45) is 1.32. The zero-order valence-electron chi connectivity index (χ0n) is 12.4. The Bertz CT molecular complexity index is 583. The van der Waals surface area contributed by atoms with Gasteiger partial charge in [-0.25, -0.2) is 4.98 Å². The van der Waals surface area contributed by atoms with Gasteiger partial charge in [0.2, 0.25) is 0 Å². The molecule has 0 radical (unpaired) electrons. The second-order valence-electron chi connectivity index (χ2n) is 4.66. The lowest BCUT2D eigenvalue weighted by Gasteiger charge is -2.22. The highest BCUT2D eigenvalue weighted by Gasteiger charge is 2.27. The summed E-state index contributed by atoms with van der Waals surface area (Å²) in [4.78, 5) is 5.54. The van der Waals surface area contributed by atoms with Crippen molar-refractivity contribution in [3.63, 3.8) is 0 Å². The molecular weight excluding hydrogens is 304 g/mol. The fourth-order valence-corrected chi connectivity index (χ4v) is 3.45. The van der Waals surface area contributed by atoms with Gasteiger partial charge in [-0.15, -0.1) is 11.3 Å². The molecule has 2 aromatic rings. The van der Waals surface area contributed by atoms with Crippen molar-refractivity contribution in [1.82, 2.24) is 4.98 Å². The molecule has 1 aromatic heterocycles. The lowest BCUT2D eigenvalue weighted by Crippen LogP contribution is -2.23. The van der Waals surface area contributed by atoms with Gasteiger partial charge >= 0.3 is 0 Å². The molecule has 0 saturated heterocycles. The van der Waals surface area contributed by atoms with Crippen molar-refractivity contribution in [2.24, 2.45) is 0 Å². The monoisotopic (exact) mass is 324 g/mol. The number of hydrogen-bond donors (Lipinski definition) is 2. The second-order valence-corrected chi connectivity index (χ2v) is 6.40. The van der Waals surface area contributed by atoms with Crippen LogP contribution in [0.15, 0.2) is 34.5 Å². The van der Waals surface area contributed by atoms with Gasteiger partial charge in [-0.3, -0.25) is 0 Å². The summed E-state index contributed by atoms with van der Waals surface area (Å²) < 4.78 is 8.41. The minimum atomic E-state index is -0.822. The smallest absolute Gasteiger partial charge is 0.193 e. The van der Waals surface area contributed by atoms with Crippen LogP contribution in [0.2, 0.25) is 0 Å². The molecule has 114 valence electrons. The maximum absolute atomic E-state index is 10.5. The van der Waals surface area contributed by atoms with Crippen molar-refractivity contribution in [3.8, 4) is 5.75 Å². The number of hydrogen-bond acceptors (Lipinski definition) is 6. The molecule has 0 saturated carbocycles. The zero-order valence-corrected chi connectivity index (χ0v) is 14.1. The molecule has 21 heavy (non-hydrogen) atoms. The Labute approximate surface area is 133 Å². The number of aromatic nitrogens is 1. The fourth-order valence-electron chi connectivity index (χ4n) is 1.91. The summed E-state index contributed by atoms with van der Waals surface area (Å²) in [5.41, 5.74) is -0.0805. The summed E-state index contributed by atoms with van der Waals surface area (Å²) >= 11 is 2.98. The van der Waals surface area contributed by atoms with E-state index in [1.807, 2.05) is 43.5 Å². The average molecular weight is 324 g/mol. The number of methoxy groups -OCH3 is 1. The lowest BCUT2D eigenvalue weighted by molar-refractivity contribution is 0.0247. The van der Waals surface area contributed by atoms with Crippen LogP contribution in [-0.4, -0.2) is 17.2 Å². The minimum Gasteiger partial charge on any atom is -0.497 e. The van der Waals surface area contributed by atoms with Gasteiger partial charge in [-0.05, 0) is 43.0 Å². The van der Waals surface area contributed by atoms with Crippen molar-refractivity contribution in [2.75, 3.05) is 11.8 Å². The van der Waals surface area contributed by atoms with Crippen LogP contribution < -0.4 is 9.46 Å². The number of ether oxygens (including phenoxy) is 1. The van der Waals surface area contributed by atoms with Gasteiger partial charge in [0, 0.05) is 10.3 Å². The largest absolute Gasteiger partial charge is 0.497 e. The molecule has 0 unspecified atom stereocenters. The molecule has 0 aliphatic rings. The molecule has 2 rings (SSSR count). The van der Waals surface area contributed by atoms with Crippen LogP contribution in [0.1, 0.15) is 32.4 Å². The number of nitrogens with one attached hydrogen (secondary N) is 1. The molecular formula is C15H20N2O2S2. The van der Waals surface area contributed by atoms with Crippen LogP contribution in [0.3, 0.4) is 0 Å². The first-order valence-corrected chi connectivity index (χ1v) is 8.56. The normalized spacial score (nSPS) is 11.4. The molecule has 0 spiro atoms. The number of benzene rings is 1. The molecule has 0 bridgehead atoms. The van der Waals surface area contributed by atoms with Gasteiger partial charge in [0.25, 0.3) is 0 Å². The molecule has 2 N–H and O–H groups in total. The van der Waals surface area contributed by atoms with E-state index in [1.165, 1.54) is 23.3 Å². The van der Waals surface area contributed by atoms with E-state index in [2.05, 4.69) is 9.71 Å². The van der Waals surface area contributed by atoms with Gasteiger partial charge in [-0.2, -0.15) is 0 Å². The van der Waals surface area contributed by atoms with Crippen molar-refractivity contribution < 1.29 is 9.84 Å². The molecule has 0 atom stereocenters. The van der Waals surface area contributed by atoms with E-state index >= 15 is 0 Å².